The number of aromatic nitrogens is 4. The number of nitrogens with two attached hydrogens (primary N) is 1. The number of aryl methyl sites for hydroxylation is 1. The van der Waals surface area contributed by atoms with Crippen molar-refractivity contribution < 1.29 is 0 Å². The van der Waals surface area contributed by atoms with E-state index >= 15 is 0 Å². The van der Waals surface area contributed by atoms with E-state index in [1.165, 1.54) is 0 Å². The molecule has 0 bridgehead atoms. The molecule has 6 nitrogen and oxygen atoms in total. The highest BCUT2D eigenvalue weighted by Gasteiger charge is 2.13. The van der Waals surface area contributed by atoms with Gasteiger partial charge >= 0.3 is 0 Å². The predicted octanol–water partition coefficient (Wildman–Crippen LogP) is 2.94. The van der Waals surface area contributed by atoms with E-state index in [1.54, 1.807) is 18.5 Å². The first-order valence-electron chi connectivity index (χ1n) is 7.07. The Hall–Kier alpha value is -3.46. The number of rotatable bonds is 1. The van der Waals surface area contributed by atoms with Gasteiger partial charge in [0.15, 0.2) is 0 Å². The zero-order valence-electron chi connectivity index (χ0n) is 12.3. The molecule has 6 heteroatoms. The van der Waals surface area contributed by atoms with Crippen LogP contribution in [-0.4, -0.2) is 19.9 Å². The molecule has 3 aromatic heterocycles. The first-order valence-corrected chi connectivity index (χ1v) is 7.07. The SMILES string of the molecule is Cc1ncc(-c2c[nH]c3cc(C#N)ccc23)c2nc(N)ncc12. The van der Waals surface area contributed by atoms with Crippen molar-refractivity contribution in [1.29, 1.82) is 5.26 Å². The standard InChI is InChI=1S/C17H12N6/c1-9-12-6-22-17(19)23-16(12)14(8-20-9)13-7-21-15-4-10(5-18)2-3-11(13)15/h2-4,6-8,21H,1H3,(H2,19,22,23). The Morgan fingerprint density at radius 1 is 1.13 bits per heavy atom. The van der Waals surface area contributed by atoms with Crippen molar-refractivity contribution in [2.24, 2.45) is 0 Å². The number of aromatic amines is 1. The lowest BCUT2D eigenvalue weighted by atomic mass is 10.0. The average Bonchev–Trinajstić information content (AvgIpc) is 2.98. The number of benzene rings is 1. The largest absolute Gasteiger partial charge is 0.368 e. The Morgan fingerprint density at radius 2 is 2.00 bits per heavy atom. The van der Waals surface area contributed by atoms with Crippen LogP contribution in [-0.2, 0) is 0 Å². The van der Waals surface area contributed by atoms with E-state index in [2.05, 4.69) is 26.0 Å². The molecule has 3 heterocycles. The maximum absolute atomic E-state index is 9.02. The third kappa shape index (κ3) is 1.99. The zero-order valence-corrected chi connectivity index (χ0v) is 12.3. The fourth-order valence-electron chi connectivity index (χ4n) is 2.77. The molecule has 0 atom stereocenters. The Kier molecular flexibility index (Phi) is 2.75. The molecule has 0 fully saturated rings. The minimum Gasteiger partial charge on any atom is -0.368 e. The van der Waals surface area contributed by atoms with Crippen LogP contribution in [0.1, 0.15) is 11.3 Å². The van der Waals surface area contributed by atoms with Crippen molar-refractivity contribution in [3.8, 4) is 17.2 Å². The fourth-order valence-corrected chi connectivity index (χ4v) is 2.77. The van der Waals surface area contributed by atoms with Crippen LogP contribution in [0.4, 0.5) is 5.95 Å². The summed E-state index contributed by atoms with van der Waals surface area (Å²) in [6, 6.07) is 7.69. The zero-order chi connectivity index (χ0) is 16.0. The number of nitrogen functional groups attached to an aromatic ring is 1. The average molecular weight is 300 g/mol. The quantitative estimate of drug-likeness (QED) is 0.562. The molecule has 0 saturated carbocycles. The van der Waals surface area contributed by atoms with Crippen molar-refractivity contribution in [3.63, 3.8) is 0 Å². The van der Waals surface area contributed by atoms with E-state index in [0.717, 1.165) is 38.6 Å². The highest BCUT2D eigenvalue weighted by Crippen LogP contribution is 2.33. The van der Waals surface area contributed by atoms with Gasteiger partial charge in [-0.15, -0.1) is 0 Å². The van der Waals surface area contributed by atoms with E-state index in [9.17, 15) is 0 Å². The summed E-state index contributed by atoms with van der Waals surface area (Å²) in [4.78, 5) is 16.1. The number of anilines is 1. The molecule has 0 radical (unpaired) electrons. The van der Waals surface area contributed by atoms with E-state index in [-0.39, 0.29) is 5.95 Å². The number of hydrogen-bond donors (Lipinski definition) is 2. The molecule has 0 saturated heterocycles. The lowest BCUT2D eigenvalue weighted by molar-refractivity contribution is 1.18. The van der Waals surface area contributed by atoms with Gasteiger partial charge in [0.1, 0.15) is 0 Å². The van der Waals surface area contributed by atoms with Crippen LogP contribution in [0.15, 0.2) is 36.8 Å². The van der Waals surface area contributed by atoms with Crippen molar-refractivity contribution >= 4 is 27.8 Å². The highest BCUT2D eigenvalue weighted by molar-refractivity contribution is 6.03. The van der Waals surface area contributed by atoms with E-state index in [0.29, 0.717) is 5.56 Å². The number of H-pyrrole nitrogens is 1. The van der Waals surface area contributed by atoms with Gasteiger partial charge in [-0.1, -0.05) is 6.07 Å². The van der Waals surface area contributed by atoms with Gasteiger partial charge in [0.25, 0.3) is 0 Å². The molecule has 0 spiro atoms. The third-order valence-electron chi connectivity index (χ3n) is 3.94. The van der Waals surface area contributed by atoms with Crippen LogP contribution in [0.25, 0.3) is 32.9 Å². The topological polar surface area (TPSA) is 104 Å². The van der Waals surface area contributed by atoms with Gasteiger partial charge in [0, 0.05) is 51.7 Å². The summed E-state index contributed by atoms with van der Waals surface area (Å²) in [6.45, 7) is 1.92. The van der Waals surface area contributed by atoms with Crippen molar-refractivity contribution in [1.82, 2.24) is 19.9 Å². The molecule has 0 unspecified atom stereocenters. The number of nitriles is 1. The van der Waals surface area contributed by atoms with Crippen molar-refractivity contribution in [2.75, 3.05) is 5.73 Å². The molecule has 110 valence electrons. The lowest BCUT2D eigenvalue weighted by Crippen LogP contribution is -1.98. The first kappa shape index (κ1) is 13.2. The number of fused-ring (bicyclic) bond motifs is 2. The molecule has 1 aromatic carbocycles. The molecule has 0 aliphatic rings. The van der Waals surface area contributed by atoms with Crippen LogP contribution in [0.3, 0.4) is 0 Å². The summed E-state index contributed by atoms with van der Waals surface area (Å²) >= 11 is 0. The Bertz CT molecular complexity index is 1100. The predicted molar refractivity (Wildman–Crippen MR) is 88.5 cm³/mol. The summed E-state index contributed by atoms with van der Waals surface area (Å²) in [5.41, 5.74) is 10.8. The minimum absolute atomic E-state index is 0.232. The summed E-state index contributed by atoms with van der Waals surface area (Å²) in [5.74, 6) is 0.232. The molecule has 3 N–H and O–H groups in total. The van der Waals surface area contributed by atoms with Gasteiger partial charge in [0.05, 0.1) is 17.1 Å². The maximum Gasteiger partial charge on any atom is 0.220 e. The van der Waals surface area contributed by atoms with E-state index in [1.807, 2.05) is 25.3 Å². The number of nitrogens with one attached hydrogen (secondary N) is 1. The monoisotopic (exact) mass is 300 g/mol. The second kappa shape index (κ2) is 4.78. The normalized spacial score (nSPS) is 11.0. The maximum atomic E-state index is 9.02. The summed E-state index contributed by atoms with van der Waals surface area (Å²) in [5, 5.41) is 10.9. The van der Waals surface area contributed by atoms with Gasteiger partial charge < -0.3 is 10.7 Å². The Morgan fingerprint density at radius 3 is 2.83 bits per heavy atom. The van der Waals surface area contributed by atoms with Crippen LogP contribution >= 0.6 is 0 Å². The second-order valence-electron chi connectivity index (χ2n) is 5.32. The van der Waals surface area contributed by atoms with E-state index in [4.69, 9.17) is 11.0 Å². The van der Waals surface area contributed by atoms with Crippen molar-refractivity contribution in [3.05, 3.63) is 48.0 Å². The minimum atomic E-state index is 0.232. The van der Waals surface area contributed by atoms with Gasteiger partial charge in [-0.2, -0.15) is 5.26 Å². The molecule has 4 rings (SSSR count). The summed E-state index contributed by atoms with van der Waals surface area (Å²) in [6.07, 6.45) is 5.40. The molecule has 23 heavy (non-hydrogen) atoms. The molecule has 0 amide bonds. The first-order chi connectivity index (χ1) is 11.2. The van der Waals surface area contributed by atoms with Gasteiger partial charge in [-0.25, -0.2) is 9.97 Å². The third-order valence-corrected chi connectivity index (χ3v) is 3.94. The van der Waals surface area contributed by atoms with Gasteiger partial charge in [0.2, 0.25) is 5.95 Å². The number of hydrogen-bond acceptors (Lipinski definition) is 5. The molecular weight excluding hydrogens is 288 g/mol. The smallest absolute Gasteiger partial charge is 0.220 e. The van der Waals surface area contributed by atoms with Crippen LogP contribution in [0, 0.1) is 18.3 Å². The Balaban J connectivity index is 2.05. The van der Waals surface area contributed by atoms with Gasteiger partial charge in [-0.3, -0.25) is 4.98 Å². The Labute approximate surface area is 131 Å². The van der Waals surface area contributed by atoms with Crippen LogP contribution in [0.2, 0.25) is 0 Å². The van der Waals surface area contributed by atoms with E-state index < -0.39 is 0 Å². The van der Waals surface area contributed by atoms with Crippen LogP contribution in [0.5, 0.6) is 0 Å². The molecule has 0 aliphatic heterocycles. The van der Waals surface area contributed by atoms with Crippen LogP contribution < -0.4 is 5.73 Å². The molecular formula is C17H12N6. The lowest BCUT2D eigenvalue weighted by Gasteiger charge is -2.07. The molecule has 4 aromatic rings. The molecule has 0 aliphatic carbocycles. The second-order valence-corrected chi connectivity index (χ2v) is 5.32. The van der Waals surface area contributed by atoms with Crippen molar-refractivity contribution in [2.45, 2.75) is 6.92 Å². The summed E-state index contributed by atoms with van der Waals surface area (Å²) in [7, 11) is 0. The number of pyridine rings is 1. The summed E-state index contributed by atoms with van der Waals surface area (Å²) < 4.78 is 0. The fraction of sp³-hybridized carbons (Fsp3) is 0.0588. The highest BCUT2D eigenvalue weighted by atomic mass is 15.0. The number of nitrogens with zero attached hydrogens (tertiary/aromatic N) is 4. The van der Waals surface area contributed by atoms with Gasteiger partial charge in [-0.05, 0) is 19.1 Å².